The Morgan fingerprint density at radius 3 is 2.68 bits per heavy atom. The molecule has 0 amide bonds. The molecular formula is C20H32N2O3. The Hall–Kier alpha value is -1.14. The lowest BCUT2D eigenvalue weighted by atomic mass is 9.84. The van der Waals surface area contributed by atoms with Crippen LogP contribution in [0.15, 0.2) is 24.3 Å². The van der Waals surface area contributed by atoms with Gasteiger partial charge in [-0.05, 0) is 38.3 Å². The van der Waals surface area contributed by atoms with Crippen molar-refractivity contribution in [3.63, 3.8) is 0 Å². The van der Waals surface area contributed by atoms with Gasteiger partial charge in [0.25, 0.3) is 0 Å². The molecule has 3 rings (SSSR count). The van der Waals surface area contributed by atoms with Crippen LogP contribution in [-0.4, -0.2) is 56.8 Å². The standard InChI is InChI=1S/C20H32N2O3/c1-16-12-22(13-17(2)25-16)19-6-4-3-5-18(19)11-21-14-20(7-9-23)8-10-24-15-20/h3-6,16-17,21,23H,7-15H2,1-2H3. The van der Waals surface area contributed by atoms with Gasteiger partial charge in [-0.25, -0.2) is 0 Å². The van der Waals surface area contributed by atoms with Crippen LogP contribution in [-0.2, 0) is 16.0 Å². The zero-order valence-electron chi connectivity index (χ0n) is 15.5. The van der Waals surface area contributed by atoms with Crippen molar-refractivity contribution >= 4 is 5.69 Å². The van der Waals surface area contributed by atoms with Crippen LogP contribution in [0.2, 0.25) is 0 Å². The first-order valence-corrected chi connectivity index (χ1v) is 9.49. The Balaban J connectivity index is 1.63. The topological polar surface area (TPSA) is 54.0 Å². The van der Waals surface area contributed by atoms with Crippen LogP contribution >= 0.6 is 0 Å². The van der Waals surface area contributed by atoms with Gasteiger partial charge in [0.1, 0.15) is 0 Å². The summed E-state index contributed by atoms with van der Waals surface area (Å²) in [6.07, 6.45) is 2.35. The molecular weight excluding hydrogens is 316 g/mol. The van der Waals surface area contributed by atoms with Gasteiger partial charge in [0, 0.05) is 50.5 Å². The maximum absolute atomic E-state index is 9.37. The number of hydrogen-bond acceptors (Lipinski definition) is 5. The summed E-state index contributed by atoms with van der Waals surface area (Å²) >= 11 is 0. The van der Waals surface area contributed by atoms with Gasteiger partial charge in [0.15, 0.2) is 0 Å². The summed E-state index contributed by atoms with van der Waals surface area (Å²) in [6.45, 7) is 9.66. The number of anilines is 1. The van der Waals surface area contributed by atoms with Crippen molar-refractivity contribution in [2.24, 2.45) is 5.41 Å². The molecule has 0 bridgehead atoms. The van der Waals surface area contributed by atoms with E-state index in [1.165, 1.54) is 11.3 Å². The highest BCUT2D eigenvalue weighted by molar-refractivity contribution is 5.54. The van der Waals surface area contributed by atoms with Gasteiger partial charge in [0.05, 0.1) is 18.8 Å². The number of nitrogens with one attached hydrogen (secondary N) is 1. The van der Waals surface area contributed by atoms with Crippen molar-refractivity contribution in [3.8, 4) is 0 Å². The summed E-state index contributed by atoms with van der Waals surface area (Å²) in [5.74, 6) is 0. The number of benzene rings is 1. The van der Waals surface area contributed by atoms with Crippen LogP contribution in [0.1, 0.15) is 32.3 Å². The minimum atomic E-state index is 0.0890. The first kappa shape index (κ1) is 18.6. The van der Waals surface area contributed by atoms with E-state index in [0.29, 0.717) is 0 Å². The minimum absolute atomic E-state index is 0.0890. The van der Waals surface area contributed by atoms with Gasteiger partial charge in [-0.1, -0.05) is 18.2 Å². The van der Waals surface area contributed by atoms with E-state index in [1.807, 2.05) is 0 Å². The largest absolute Gasteiger partial charge is 0.396 e. The molecule has 2 aliphatic heterocycles. The summed E-state index contributed by atoms with van der Waals surface area (Å²) in [5.41, 5.74) is 2.71. The van der Waals surface area contributed by atoms with Crippen LogP contribution in [0.5, 0.6) is 0 Å². The highest BCUT2D eigenvalue weighted by Crippen LogP contribution is 2.32. The number of nitrogens with zero attached hydrogens (tertiary/aromatic N) is 1. The van der Waals surface area contributed by atoms with E-state index in [-0.39, 0.29) is 24.2 Å². The highest BCUT2D eigenvalue weighted by atomic mass is 16.5. The summed E-state index contributed by atoms with van der Waals surface area (Å²) in [4.78, 5) is 2.44. The fourth-order valence-corrected chi connectivity index (χ4v) is 4.12. The molecule has 0 radical (unpaired) electrons. The molecule has 140 valence electrons. The average molecular weight is 348 g/mol. The Morgan fingerprint density at radius 2 is 2.00 bits per heavy atom. The van der Waals surface area contributed by atoms with Crippen molar-refractivity contribution < 1.29 is 14.6 Å². The van der Waals surface area contributed by atoms with Crippen LogP contribution in [0.3, 0.4) is 0 Å². The van der Waals surface area contributed by atoms with E-state index in [2.05, 4.69) is 48.3 Å². The van der Waals surface area contributed by atoms with E-state index in [1.54, 1.807) is 0 Å². The summed E-state index contributed by atoms with van der Waals surface area (Å²) in [5, 5.41) is 13.0. The number of ether oxygens (including phenoxy) is 2. The van der Waals surface area contributed by atoms with Gasteiger partial charge in [-0.2, -0.15) is 0 Å². The third kappa shape index (κ3) is 4.73. The molecule has 0 spiro atoms. The fraction of sp³-hybridized carbons (Fsp3) is 0.700. The van der Waals surface area contributed by atoms with E-state index in [9.17, 15) is 5.11 Å². The monoisotopic (exact) mass is 348 g/mol. The first-order chi connectivity index (χ1) is 12.1. The van der Waals surface area contributed by atoms with Crippen LogP contribution in [0.25, 0.3) is 0 Å². The summed E-state index contributed by atoms with van der Waals surface area (Å²) in [6, 6.07) is 8.64. The molecule has 25 heavy (non-hydrogen) atoms. The van der Waals surface area contributed by atoms with E-state index < -0.39 is 0 Å². The van der Waals surface area contributed by atoms with Crippen molar-refractivity contribution in [1.82, 2.24) is 5.32 Å². The second kappa shape index (κ2) is 8.49. The minimum Gasteiger partial charge on any atom is -0.396 e. The lowest BCUT2D eigenvalue weighted by Gasteiger charge is -2.38. The highest BCUT2D eigenvalue weighted by Gasteiger charge is 2.34. The van der Waals surface area contributed by atoms with Crippen molar-refractivity contribution in [2.45, 2.75) is 45.4 Å². The Labute approximate surface area is 151 Å². The zero-order valence-corrected chi connectivity index (χ0v) is 15.5. The quantitative estimate of drug-likeness (QED) is 0.791. The molecule has 2 aliphatic rings. The average Bonchev–Trinajstić information content (AvgIpc) is 3.03. The Kier molecular flexibility index (Phi) is 6.34. The molecule has 0 saturated carbocycles. The van der Waals surface area contributed by atoms with Crippen LogP contribution in [0.4, 0.5) is 5.69 Å². The molecule has 0 aromatic heterocycles. The van der Waals surface area contributed by atoms with Gasteiger partial charge in [-0.15, -0.1) is 0 Å². The van der Waals surface area contributed by atoms with Gasteiger partial charge in [0.2, 0.25) is 0 Å². The smallest absolute Gasteiger partial charge is 0.0726 e. The van der Waals surface area contributed by atoms with Gasteiger partial charge < -0.3 is 24.8 Å². The maximum Gasteiger partial charge on any atom is 0.0726 e. The van der Waals surface area contributed by atoms with Crippen molar-refractivity contribution in [2.75, 3.05) is 44.4 Å². The maximum atomic E-state index is 9.37. The molecule has 3 unspecified atom stereocenters. The SMILES string of the molecule is CC1CN(c2ccccc2CNCC2(CCO)CCOC2)CC(C)O1. The van der Waals surface area contributed by atoms with Crippen molar-refractivity contribution in [3.05, 3.63) is 29.8 Å². The molecule has 2 heterocycles. The molecule has 2 saturated heterocycles. The van der Waals surface area contributed by atoms with Gasteiger partial charge >= 0.3 is 0 Å². The van der Waals surface area contributed by atoms with Gasteiger partial charge in [-0.3, -0.25) is 0 Å². The summed E-state index contributed by atoms with van der Waals surface area (Å²) in [7, 11) is 0. The predicted octanol–water partition coefficient (Wildman–Crippen LogP) is 2.18. The third-order valence-electron chi connectivity index (χ3n) is 5.39. The number of aliphatic hydroxyl groups is 1. The molecule has 2 fully saturated rings. The first-order valence-electron chi connectivity index (χ1n) is 9.49. The predicted molar refractivity (Wildman–Crippen MR) is 99.9 cm³/mol. The zero-order chi connectivity index (χ0) is 17.7. The molecule has 1 aromatic rings. The fourth-order valence-electron chi connectivity index (χ4n) is 4.12. The number of rotatable bonds is 7. The molecule has 3 atom stereocenters. The molecule has 2 N–H and O–H groups in total. The molecule has 5 nitrogen and oxygen atoms in total. The van der Waals surface area contributed by atoms with Crippen molar-refractivity contribution in [1.29, 1.82) is 0 Å². The van der Waals surface area contributed by atoms with E-state index in [4.69, 9.17) is 9.47 Å². The lowest BCUT2D eigenvalue weighted by molar-refractivity contribution is -0.00526. The normalized spacial score (nSPS) is 30.0. The lowest BCUT2D eigenvalue weighted by Crippen LogP contribution is -2.46. The second-order valence-corrected chi connectivity index (χ2v) is 7.67. The number of para-hydroxylation sites is 1. The number of aliphatic hydroxyl groups excluding tert-OH is 1. The summed E-state index contributed by atoms with van der Waals surface area (Å²) < 4.78 is 11.5. The second-order valence-electron chi connectivity index (χ2n) is 7.67. The molecule has 1 aromatic carbocycles. The van der Waals surface area contributed by atoms with E-state index in [0.717, 1.165) is 52.2 Å². The van der Waals surface area contributed by atoms with E-state index >= 15 is 0 Å². The third-order valence-corrected chi connectivity index (χ3v) is 5.39. The number of hydrogen-bond donors (Lipinski definition) is 2. The van der Waals surface area contributed by atoms with Crippen LogP contribution < -0.4 is 10.2 Å². The molecule has 0 aliphatic carbocycles. The molecule has 5 heteroatoms. The van der Waals surface area contributed by atoms with Crippen LogP contribution in [0, 0.1) is 5.41 Å². The Bertz CT molecular complexity index is 535. The number of morpholine rings is 1. The Morgan fingerprint density at radius 1 is 1.24 bits per heavy atom.